The zero-order chi connectivity index (χ0) is 20.9. The minimum absolute atomic E-state index is 0.269. The number of hydrogen-bond donors (Lipinski definition) is 1. The van der Waals surface area contributed by atoms with Crippen LogP contribution in [0.15, 0.2) is 42.5 Å². The molecule has 7 heteroatoms. The first-order chi connectivity index (χ1) is 13.1. The van der Waals surface area contributed by atoms with Gasteiger partial charge in [0.25, 0.3) is 0 Å². The minimum atomic E-state index is -3.60. The number of anilines is 1. The molecule has 0 aromatic heterocycles. The van der Waals surface area contributed by atoms with Crippen LogP contribution in [0, 0.1) is 20.8 Å². The van der Waals surface area contributed by atoms with E-state index in [1.807, 2.05) is 64.1 Å². The maximum atomic E-state index is 12.4. The van der Waals surface area contributed by atoms with Gasteiger partial charge in [0.1, 0.15) is 18.9 Å². The van der Waals surface area contributed by atoms with E-state index < -0.39 is 10.0 Å². The largest absolute Gasteiger partial charge is 0.491 e. The maximum Gasteiger partial charge on any atom is 0.241 e. The minimum Gasteiger partial charge on any atom is -0.491 e. The first-order valence-corrected chi connectivity index (χ1v) is 10.9. The lowest BCUT2D eigenvalue weighted by Crippen LogP contribution is -2.45. The number of ether oxygens (including phenoxy) is 1. The molecule has 1 amide bonds. The summed E-state index contributed by atoms with van der Waals surface area (Å²) in [5, 5.41) is 2.79. The molecule has 0 radical (unpaired) electrons. The topological polar surface area (TPSA) is 75.7 Å². The van der Waals surface area contributed by atoms with E-state index in [-0.39, 0.29) is 25.1 Å². The predicted molar refractivity (Wildman–Crippen MR) is 112 cm³/mol. The zero-order valence-corrected chi connectivity index (χ0v) is 17.8. The van der Waals surface area contributed by atoms with E-state index in [1.165, 1.54) is 0 Å². The fraction of sp³-hybridized carbons (Fsp3) is 0.381. The normalized spacial score (nSPS) is 12.3. The lowest BCUT2D eigenvalue weighted by Gasteiger charge is -2.25. The Morgan fingerprint density at radius 1 is 1.07 bits per heavy atom. The number of aryl methyl sites for hydroxylation is 3. The molecule has 0 fully saturated rings. The van der Waals surface area contributed by atoms with E-state index in [4.69, 9.17) is 4.74 Å². The number of nitrogens with one attached hydrogen (secondary N) is 1. The molecule has 0 aliphatic carbocycles. The summed E-state index contributed by atoms with van der Waals surface area (Å²) in [6, 6.07) is 12.8. The summed E-state index contributed by atoms with van der Waals surface area (Å²) in [5.74, 6) is 0.338. The van der Waals surface area contributed by atoms with Gasteiger partial charge < -0.3 is 10.1 Å². The van der Waals surface area contributed by atoms with E-state index in [0.717, 1.165) is 33.0 Å². The second-order valence-electron chi connectivity index (χ2n) is 7.15. The highest BCUT2D eigenvalue weighted by Gasteiger charge is 2.23. The summed E-state index contributed by atoms with van der Waals surface area (Å²) in [7, 11) is -3.60. The lowest BCUT2D eigenvalue weighted by atomic mass is 10.1. The Morgan fingerprint density at radius 3 is 2.25 bits per heavy atom. The average Bonchev–Trinajstić information content (AvgIpc) is 2.59. The van der Waals surface area contributed by atoms with E-state index in [1.54, 1.807) is 6.07 Å². The smallest absolute Gasteiger partial charge is 0.241 e. The molecule has 1 atom stereocenters. The van der Waals surface area contributed by atoms with Crippen LogP contribution in [-0.2, 0) is 14.8 Å². The predicted octanol–water partition coefficient (Wildman–Crippen LogP) is 2.96. The van der Waals surface area contributed by atoms with Gasteiger partial charge in [0.05, 0.1) is 18.0 Å². The summed E-state index contributed by atoms with van der Waals surface area (Å²) >= 11 is 0. The molecule has 0 saturated carbocycles. The summed E-state index contributed by atoms with van der Waals surface area (Å²) in [6.07, 6.45) is 1.10. The van der Waals surface area contributed by atoms with Gasteiger partial charge in [-0.15, -0.1) is 0 Å². The van der Waals surface area contributed by atoms with Gasteiger partial charge in [-0.25, -0.2) is 8.42 Å². The Morgan fingerprint density at radius 2 is 1.68 bits per heavy atom. The van der Waals surface area contributed by atoms with Crippen molar-refractivity contribution in [1.29, 1.82) is 0 Å². The number of rotatable bonds is 8. The average molecular weight is 405 g/mol. The first kappa shape index (κ1) is 21.8. The Labute approximate surface area is 167 Å². The van der Waals surface area contributed by atoms with Crippen LogP contribution in [-0.4, -0.2) is 39.8 Å². The molecule has 0 saturated heterocycles. The molecule has 28 heavy (non-hydrogen) atoms. The Bertz CT molecular complexity index is 924. The van der Waals surface area contributed by atoms with Crippen LogP contribution in [0.3, 0.4) is 0 Å². The first-order valence-electron chi connectivity index (χ1n) is 9.10. The molecule has 0 spiro atoms. The summed E-state index contributed by atoms with van der Waals surface area (Å²) in [6.45, 7) is 7.58. The summed E-state index contributed by atoms with van der Waals surface area (Å²) < 4.78 is 31.3. The van der Waals surface area contributed by atoms with Crippen molar-refractivity contribution >= 4 is 21.6 Å². The second-order valence-corrected chi connectivity index (χ2v) is 9.06. The molecule has 0 aliphatic rings. The van der Waals surface area contributed by atoms with E-state index in [9.17, 15) is 13.2 Å². The number of hydrogen-bond acceptors (Lipinski definition) is 4. The van der Waals surface area contributed by atoms with Gasteiger partial charge in [-0.3, -0.25) is 9.10 Å². The molecular formula is C21H28N2O4S. The van der Waals surface area contributed by atoms with Crippen molar-refractivity contribution in [2.45, 2.75) is 33.7 Å². The fourth-order valence-corrected chi connectivity index (χ4v) is 3.73. The van der Waals surface area contributed by atoms with Crippen LogP contribution in [0.4, 0.5) is 5.69 Å². The fourth-order valence-electron chi connectivity index (χ4n) is 2.81. The second kappa shape index (κ2) is 9.10. The van der Waals surface area contributed by atoms with E-state index >= 15 is 0 Å². The van der Waals surface area contributed by atoms with Gasteiger partial charge in [0, 0.05) is 0 Å². The summed E-state index contributed by atoms with van der Waals surface area (Å²) in [5.41, 5.74) is 3.47. The highest BCUT2D eigenvalue weighted by molar-refractivity contribution is 7.92. The molecule has 6 nitrogen and oxygen atoms in total. The van der Waals surface area contributed by atoms with Crippen LogP contribution in [0.2, 0.25) is 0 Å². The third-order valence-corrected chi connectivity index (χ3v) is 5.36. The highest BCUT2D eigenvalue weighted by atomic mass is 32.2. The van der Waals surface area contributed by atoms with E-state index in [2.05, 4.69) is 5.32 Å². The number of carbonyl (C=O) groups excluding carboxylic acids is 1. The third kappa shape index (κ3) is 6.27. The van der Waals surface area contributed by atoms with Crippen molar-refractivity contribution in [3.63, 3.8) is 0 Å². The molecule has 2 aromatic rings. The standard InChI is InChI=1S/C21H28N2O4S/c1-15-6-9-19(10-7-15)27-14-18(4)22-21(24)13-23(28(5,25)26)20-11-8-16(2)12-17(20)3/h6-12,18H,13-14H2,1-5H3,(H,22,24). The molecule has 0 heterocycles. The number of benzene rings is 2. The third-order valence-electron chi connectivity index (χ3n) is 4.24. The molecule has 0 aliphatic heterocycles. The van der Waals surface area contributed by atoms with Gasteiger partial charge in [0.2, 0.25) is 15.9 Å². The molecule has 1 N–H and O–H groups in total. The summed E-state index contributed by atoms with van der Waals surface area (Å²) in [4.78, 5) is 12.4. The molecule has 1 unspecified atom stereocenters. The van der Waals surface area contributed by atoms with Crippen molar-refractivity contribution in [3.05, 3.63) is 59.2 Å². The van der Waals surface area contributed by atoms with Gasteiger partial charge in [-0.05, 0) is 51.5 Å². The highest BCUT2D eigenvalue weighted by Crippen LogP contribution is 2.23. The van der Waals surface area contributed by atoms with Gasteiger partial charge >= 0.3 is 0 Å². The number of carbonyl (C=O) groups is 1. The molecule has 152 valence electrons. The van der Waals surface area contributed by atoms with Gasteiger partial charge in [-0.1, -0.05) is 35.4 Å². The molecular weight excluding hydrogens is 376 g/mol. The SMILES string of the molecule is Cc1ccc(OCC(C)NC(=O)CN(c2ccc(C)cc2C)S(C)(=O)=O)cc1. The van der Waals surface area contributed by atoms with Crippen molar-refractivity contribution in [3.8, 4) is 5.75 Å². The van der Waals surface area contributed by atoms with Crippen LogP contribution < -0.4 is 14.4 Å². The Hall–Kier alpha value is -2.54. The van der Waals surface area contributed by atoms with Gasteiger partial charge in [0.15, 0.2) is 0 Å². The van der Waals surface area contributed by atoms with Crippen LogP contribution in [0.5, 0.6) is 5.75 Å². The van der Waals surface area contributed by atoms with Crippen molar-refractivity contribution in [2.24, 2.45) is 0 Å². The lowest BCUT2D eigenvalue weighted by molar-refractivity contribution is -0.120. The van der Waals surface area contributed by atoms with Crippen molar-refractivity contribution in [1.82, 2.24) is 5.32 Å². The number of amides is 1. The van der Waals surface area contributed by atoms with Crippen LogP contribution in [0.1, 0.15) is 23.6 Å². The quantitative estimate of drug-likeness (QED) is 0.734. The molecule has 0 bridgehead atoms. The monoisotopic (exact) mass is 404 g/mol. The van der Waals surface area contributed by atoms with Crippen molar-refractivity contribution < 1.29 is 17.9 Å². The van der Waals surface area contributed by atoms with Gasteiger partial charge in [-0.2, -0.15) is 0 Å². The number of nitrogens with zero attached hydrogens (tertiary/aromatic N) is 1. The van der Waals surface area contributed by atoms with Crippen molar-refractivity contribution in [2.75, 3.05) is 23.7 Å². The number of sulfonamides is 1. The van der Waals surface area contributed by atoms with Crippen LogP contribution in [0.25, 0.3) is 0 Å². The van der Waals surface area contributed by atoms with Crippen LogP contribution >= 0.6 is 0 Å². The Balaban J connectivity index is 2.00. The molecule has 2 aromatic carbocycles. The van der Waals surface area contributed by atoms with E-state index in [0.29, 0.717) is 5.69 Å². The Kier molecular flexibility index (Phi) is 7.07. The zero-order valence-electron chi connectivity index (χ0n) is 17.0. The maximum absolute atomic E-state index is 12.4. The molecule has 2 rings (SSSR count).